The molecule has 20 heavy (non-hydrogen) atoms. The van der Waals surface area contributed by atoms with Crippen molar-refractivity contribution in [2.24, 2.45) is 0 Å². The van der Waals surface area contributed by atoms with E-state index < -0.39 is 11.9 Å². The van der Waals surface area contributed by atoms with Crippen molar-refractivity contribution in [2.75, 3.05) is 0 Å². The van der Waals surface area contributed by atoms with E-state index in [4.69, 9.17) is 9.52 Å². The molecular weight excluding hydrogens is 262 g/mol. The number of hydrogen-bond donors (Lipinski definition) is 2. The highest BCUT2D eigenvalue weighted by molar-refractivity contribution is 5.89. The SMILES string of the molecule is O=C(O)c1ccc(Cn2ccc(C(=O)O)c2C2CC2)o1. The molecule has 0 aliphatic heterocycles. The number of rotatable bonds is 5. The first-order valence-electron chi connectivity index (χ1n) is 6.30. The van der Waals surface area contributed by atoms with Crippen LogP contribution < -0.4 is 0 Å². The van der Waals surface area contributed by atoms with E-state index in [0.717, 1.165) is 18.5 Å². The molecule has 2 heterocycles. The van der Waals surface area contributed by atoms with Gasteiger partial charge in [-0.05, 0) is 31.0 Å². The van der Waals surface area contributed by atoms with Crippen LogP contribution in [0.4, 0.5) is 0 Å². The van der Waals surface area contributed by atoms with Gasteiger partial charge < -0.3 is 19.2 Å². The largest absolute Gasteiger partial charge is 0.478 e. The number of aromatic carboxylic acids is 2. The van der Waals surface area contributed by atoms with Gasteiger partial charge in [0.1, 0.15) is 5.76 Å². The maximum atomic E-state index is 11.2. The normalized spacial score (nSPS) is 14.4. The summed E-state index contributed by atoms with van der Waals surface area (Å²) in [4.78, 5) is 22.0. The lowest BCUT2D eigenvalue weighted by Gasteiger charge is -2.07. The fourth-order valence-electron chi connectivity index (χ4n) is 2.36. The van der Waals surface area contributed by atoms with Gasteiger partial charge in [0.2, 0.25) is 5.76 Å². The molecule has 1 aliphatic carbocycles. The Morgan fingerprint density at radius 1 is 1.20 bits per heavy atom. The minimum atomic E-state index is -1.11. The highest BCUT2D eigenvalue weighted by atomic mass is 16.4. The minimum absolute atomic E-state index is 0.112. The van der Waals surface area contributed by atoms with E-state index in [1.165, 1.54) is 6.07 Å². The molecule has 0 amide bonds. The second-order valence-corrected chi connectivity index (χ2v) is 4.89. The molecule has 0 spiro atoms. The Kier molecular flexibility index (Phi) is 2.85. The molecule has 1 fully saturated rings. The van der Waals surface area contributed by atoms with Crippen LogP contribution in [0.25, 0.3) is 0 Å². The van der Waals surface area contributed by atoms with Gasteiger partial charge in [0, 0.05) is 17.8 Å². The Labute approximate surface area is 114 Å². The first-order chi connectivity index (χ1) is 9.56. The van der Waals surface area contributed by atoms with Gasteiger partial charge in [-0.2, -0.15) is 0 Å². The van der Waals surface area contributed by atoms with E-state index in [2.05, 4.69) is 0 Å². The van der Waals surface area contributed by atoms with Crippen LogP contribution in [0.5, 0.6) is 0 Å². The predicted molar refractivity (Wildman–Crippen MR) is 68.1 cm³/mol. The van der Waals surface area contributed by atoms with Crippen molar-refractivity contribution in [2.45, 2.75) is 25.3 Å². The number of hydrogen-bond acceptors (Lipinski definition) is 3. The lowest BCUT2D eigenvalue weighted by atomic mass is 10.2. The Morgan fingerprint density at radius 2 is 1.95 bits per heavy atom. The zero-order chi connectivity index (χ0) is 14.3. The number of aromatic nitrogens is 1. The van der Waals surface area contributed by atoms with E-state index in [0.29, 0.717) is 17.9 Å². The molecular formula is C14H13NO5. The minimum Gasteiger partial charge on any atom is -0.478 e. The monoisotopic (exact) mass is 275 g/mol. The Morgan fingerprint density at radius 3 is 2.50 bits per heavy atom. The van der Waals surface area contributed by atoms with Crippen LogP contribution in [0.1, 0.15) is 51.1 Å². The van der Waals surface area contributed by atoms with Crippen LogP contribution in [0.3, 0.4) is 0 Å². The summed E-state index contributed by atoms with van der Waals surface area (Å²) in [7, 11) is 0. The molecule has 2 aromatic rings. The third kappa shape index (κ3) is 2.20. The van der Waals surface area contributed by atoms with E-state index in [1.807, 2.05) is 4.57 Å². The number of carboxylic acids is 2. The van der Waals surface area contributed by atoms with Crippen LogP contribution in [-0.2, 0) is 6.54 Å². The van der Waals surface area contributed by atoms with Crippen molar-refractivity contribution in [3.63, 3.8) is 0 Å². The predicted octanol–water partition coefficient (Wildman–Crippen LogP) is 2.40. The van der Waals surface area contributed by atoms with Crippen molar-refractivity contribution in [1.82, 2.24) is 4.57 Å². The van der Waals surface area contributed by atoms with Gasteiger partial charge in [0.15, 0.2) is 0 Å². The van der Waals surface area contributed by atoms with Crippen LogP contribution in [-0.4, -0.2) is 26.7 Å². The Bertz CT molecular complexity index is 678. The van der Waals surface area contributed by atoms with Crippen LogP contribution in [0.2, 0.25) is 0 Å². The fourth-order valence-corrected chi connectivity index (χ4v) is 2.36. The van der Waals surface area contributed by atoms with Gasteiger partial charge in [-0.1, -0.05) is 0 Å². The summed E-state index contributed by atoms with van der Waals surface area (Å²) in [6, 6.07) is 4.58. The first-order valence-corrected chi connectivity index (χ1v) is 6.30. The van der Waals surface area contributed by atoms with Gasteiger partial charge in [-0.3, -0.25) is 0 Å². The summed E-state index contributed by atoms with van der Waals surface area (Å²) in [5, 5.41) is 18.0. The lowest BCUT2D eigenvalue weighted by Crippen LogP contribution is -2.06. The summed E-state index contributed by atoms with van der Waals surface area (Å²) in [6.45, 7) is 0.340. The number of carbonyl (C=O) groups is 2. The molecule has 2 N–H and O–H groups in total. The highest BCUT2D eigenvalue weighted by Crippen LogP contribution is 2.42. The summed E-state index contributed by atoms with van der Waals surface area (Å²) in [6.07, 6.45) is 3.69. The summed E-state index contributed by atoms with van der Waals surface area (Å²) in [5.41, 5.74) is 1.11. The number of furan rings is 1. The van der Waals surface area contributed by atoms with Crippen LogP contribution in [0, 0.1) is 0 Å². The third-order valence-corrected chi connectivity index (χ3v) is 3.40. The average Bonchev–Trinajstić information content (AvgIpc) is 2.97. The smallest absolute Gasteiger partial charge is 0.371 e. The van der Waals surface area contributed by atoms with Crippen molar-refractivity contribution in [3.05, 3.63) is 47.2 Å². The molecule has 6 nitrogen and oxygen atoms in total. The second kappa shape index (κ2) is 4.56. The van der Waals surface area contributed by atoms with Crippen LogP contribution in [0.15, 0.2) is 28.8 Å². The van der Waals surface area contributed by atoms with Crippen LogP contribution >= 0.6 is 0 Å². The molecule has 3 rings (SSSR count). The summed E-state index contributed by atoms with van der Waals surface area (Å²) in [5.74, 6) is -1.38. The van der Waals surface area contributed by atoms with Crippen molar-refractivity contribution in [1.29, 1.82) is 0 Å². The molecule has 104 valence electrons. The molecule has 6 heteroatoms. The molecule has 0 aromatic carbocycles. The van der Waals surface area contributed by atoms with Gasteiger partial charge in [0.05, 0.1) is 12.1 Å². The topological polar surface area (TPSA) is 92.7 Å². The molecule has 0 radical (unpaired) electrons. The van der Waals surface area contributed by atoms with Crippen molar-refractivity contribution >= 4 is 11.9 Å². The first kappa shape index (κ1) is 12.5. The molecule has 1 aliphatic rings. The molecule has 0 bridgehead atoms. The van der Waals surface area contributed by atoms with E-state index >= 15 is 0 Å². The fraction of sp³-hybridized carbons (Fsp3) is 0.286. The Hall–Kier alpha value is -2.50. The van der Waals surface area contributed by atoms with Crippen molar-refractivity contribution < 1.29 is 24.2 Å². The van der Waals surface area contributed by atoms with Gasteiger partial charge in [-0.15, -0.1) is 0 Å². The summed E-state index contributed by atoms with van der Waals surface area (Å²) >= 11 is 0. The molecule has 1 saturated carbocycles. The molecule has 0 saturated heterocycles. The number of carboxylic acid groups (broad SMARTS) is 2. The van der Waals surface area contributed by atoms with E-state index in [-0.39, 0.29) is 11.7 Å². The van der Waals surface area contributed by atoms with E-state index in [1.54, 1.807) is 18.3 Å². The zero-order valence-electron chi connectivity index (χ0n) is 10.6. The molecule has 0 unspecified atom stereocenters. The molecule has 0 atom stereocenters. The van der Waals surface area contributed by atoms with Gasteiger partial charge in [-0.25, -0.2) is 9.59 Å². The maximum absolute atomic E-state index is 11.2. The Balaban J connectivity index is 1.90. The molecule has 2 aromatic heterocycles. The third-order valence-electron chi connectivity index (χ3n) is 3.40. The highest BCUT2D eigenvalue weighted by Gasteiger charge is 2.31. The van der Waals surface area contributed by atoms with E-state index in [9.17, 15) is 14.7 Å². The van der Waals surface area contributed by atoms with Gasteiger partial charge >= 0.3 is 11.9 Å². The summed E-state index contributed by atoms with van der Waals surface area (Å²) < 4.78 is 7.03. The quantitative estimate of drug-likeness (QED) is 0.874. The second-order valence-electron chi connectivity index (χ2n) is 4.89. The van der Waals surface area contributed by atoms with Gasteiger partial charge in [0.25, 0.3) is 0 Å². The standard InChI is InChI=1S/C14H13NO5/c16-13(17)10-5-6-15(12(10)8-1-2-8)7-9-3-4-11(20-9)14(18)19/h3-6,8H,1-2,7H2,(H,16,17)(H,18,19). The average molecular weight is 275 g/mol. The maximum Gasteiger partial charge on any atom is 0.371 e. The zero-order valence-corrected chi connectivity index (χ0v) is 10.6. The van der Waals surface area contributed by atoms with Crippen molar-refractivity contribution in [3.8, 4) is 0 Å². The lowest BCUT2D eigenvalue weighted by molar-refractivity contribution is 0.0658. The number of nitrogens with zero attached hydrogens (tertiary/aromatic N) is 1.